The molecule has 0 aliphatic heterocycles. The Hall–Kier alpha value is -6.27. The van der Waals surface area contributed by atoms with E-state index in [4.69, 9.17) is 9.97 Å². The number of hydrogen-bond donors (Lipinski definition) is 3. The maximum atomic E-state index is 13.1. The monoisotopic (exact) mass is 581 g/mol. The third-order valence-corrected chi connectivity index (χ3v) is 8.00. The molecule has 0 bridgehead atoms. The minimum atomic E-state index is -0.173. The van der Waals surface area contributed by atoms with Gasteiger partial charge in [0.15, 0.2) is 0 Å². The zero-order valence-electron chi connectivity index (χ0n) is 24.2. The van der Waals surface area contributed by atoms with E-state index in [1.807, 2.05) is 121 Å². The van der Waals surface area contributed by atoms with Crippen molar-refractivity contribution in [2.75, 3.05) is 16.0 Å². The lowest BCUT2D eigenvalue weighted by atomic mass is 10.1. The van der Waals surface area contributed by atoms with Crippen molar-refractivity contribution in [1.29, 1.82) is 0 Å². The lowest BCUT2D eigenvalue weighted by molar-refractivity contribution is 0.102. The van der Waals surface area contributed by atoms with Gasteiger partial charge in [0.2, 0.25) is 0 Å². The highest BCUT2D eigenvalue weighted by Crippen LogP contribution is 2.34. The standard InChI is InChI=1S/C39H27N5O/c45-39(25-17-19-26(20-18-25)40-37-29-9-1-5-13-33(29)43-34-14-6-2-10-30(34)37)42-28-23-21-27(22-24-28)41-38-31-11-3-7-15-35(31)44-36-16-8-4-12-32(36)38/h1-24H,(H,40,43)(H,41,44)(H,42,45). The molecule has 0 atom stereocenters. The molecule has 6 heteroatoms. The van der Waals surface area contributed by atoms with Gasteiger partial charge in [0, 0.05) is 44.2 Å². The molecule has 8 rings (SSSR count). The first-order chi connectivity index (χ1) is 22.2. The van der Waals surface area contributed by atoms with E-state index in [1.54, 1.807) is 0 Å². The molecule has 0 saturated carbocycles. The van der Waals surface area contributed by atoms with Gasteiger partial charge in [-0.25, -0.2) is 9.97 Å². The molecule has 0 saturated heterocycles. The number of hydrogen-bond acceptors (Lipinski definition) is 5. The average Bonchev–Trinajstić information content (AvgIpc) is 3.09. The molecule has 45 heavy (non-hydrogen) atoms. The normalized spacial score (nSPS) is 11.2. The first-order valence-electron chi connectivity index (χ1n) is 14.8. The zero-order chi connectivity index (χ0) is 30.2. The minimum absolute atomic E-state index is 0.173. The predicted molar refractivity (Wildman–Crippen MR) is 186 cm³/mol. The number of pyridine rings is 2. The number of benzene rings is 6. The molecule has 1 amide bonds. The third-order valence-electron chi connectivity index (χ3n) is 8.00. The number of nitrogens with zero attached hydrogens (tertiary/aromatic N) is 2. The van der Waals surface area contributed by atoms with E-state index in [1.165, 1.54) is 0 Å². The zero-order valence-corrected chi connectivity index (χ0v) is 24.2. The highest BCUT2D eigenvalue weighted by Gasteiger charge is 2.12. The second kappa shape index (κ2) is 11.1. The van der Waals surface area contributed by atoms with Gasteiger partial charge in [0.25, 0.3) is 5.91 Å². The molecule has 0 unspecified atom stereocenters. The summed E-state index contributed by atoms with van der Waals surface area (Å²) in [7, 11) is 0. The van der Waals surface area contributed by atoms with Gasteiger partial charge >= 0.3 is 0 Å². The average molecular weight is 582 g/mol. The van der Waals surface area contributed by atoms with Crippen LogP contribution in [-0.4, -0.2) is 15.9 Å². The topological polar surface area (TPSA) is 78.9 Å². The molecule has 0 spiro atoms. The Morgan fingerprint density at radius 3 is 1.13 bits per heavy atom. The Morgan fingerprint density at radius 1 is 0.400 bits per heavy atom. The van der Waals surface area contributed by atoms with Crippen molar-refractivity contribution in [3.8, 4) is 0 Å². The van der Waals surface area contributed by atoms with E-state index < -0.39 is 0 Å². The van der Waals surface area contributed by atoms with E-state index in [2.05, 4.69) is 40.2 Å². The summed E-state index contributed by atoms with van der Waals surface area (Å²) in [5.41, 5.74) is 8.83. The van der Waals surface area contributed by atoms with E-state index in [9.17, 15) is 4.79 Å². The lowest BCUT2D eigenvalue weighted by Gasteiger charge is -2.14. The molecule has 3 N–H and O–H groups in total. The summed E-state index contributed by atoms with van der Waals surface area (Å²) in [4.78, 5) is 22.8. The lowest BCUT2D eigenvalue weighted by Crippen LogP contribution is -2.11. The first-order valence-corrected chi connectivity index (χ1v) is 14.8. The fraction of sp³-hybridized carbons (Fsp3) is 0. The molecule has 6 nitrogen and oxygen atoms in total. The van der Waals surface area contributed by atoms with Crippen molar-refractivity contribution in [2.45, 2.75) is 0 Å². The number of carbonyl (C=O) groups is 1. The molecular formula is C39H27N5O. The predicted octanol–water partition coefficient (Wildman–Crippen LogP) is 9.83. The van der Waals surface area contributed by atoms with Crippen molar-refractivity contribution >= 4 is 78.0 Å². The number of nitrogens with one attached hydrogen (secondary N) is 3. The summed E-state index contributed by atoms with van der Waals surface area (Å²) >= 11 is 0. The van der Waals surface area contributed by atoms with Gasteiger partial charge in [0.1, 0.15) is 0 Å². The van der Waals surface area contributed by atoms with Gasteiger partial charge in [-0.05, 0) is 72.8 Å². The summed E-state index contributed by atoms with van der Waals surface area (Å²) in [5.74, 6) is -0.173. The van der Waals surface area contributed by atoms with E-state index in [-0.39, 0.29) is 5.91 Å². The van der Waals surface area contributed by atoms with Crippen molar-refractivity contribution in [3.63, 3.8) is 0 Å². The summed E-state index contributed by atoms with van der Waals surface area (Å²) in [5, 5.41) is 14.4. The number of carbonyl (C=O) groups excluding carboxylic acids is 1. The van der Waals surface area contributed by atoms with Crippen LogP contribution in [0.2, 0.25) is 0 Å². The molecular weight excluding hydrogens is 554 g/mol. The Bertz CT molecular complexity index is 2260. The largest absolute Gasteiger partial charge is 0.354 e. The number of anilines is 5. The summed E-state index contributed by atoms with van der Waals surface area (Å²) < 4.78 is 0. The summed E-state index contributed by atoms with van der Waals surface area (Å²) in [6.45, 7) is 0. The van der Waals surface area contributed by atoms with Crippen LogP contribution in [0.1, 0.15) is 10.4 Å². The number of fused-ring (bicyclic) bond motifs is 4. The Morgan fingerprint density at radius 2 is 0.733 bits per heavy atom. The van der Waals surface area contributed by atoms with Crippen LogP contribution >= 0.6 is 0 Å². The third kappa shape index (κ3) is 5.04. The van der Waals surface area contributed by atoms with Gasteiger partial charge in [0.05, 0.1) is 33.4 Å². The van der Waals surface area contributed by atoms with Gasteiger partial charge in [-0.1, -0.05) is 72.8 Å². The van der Waals surface area contributed by atoms with Crippen molar-refractivity contribution in [2.24, 2.45) is 0 Å². The molecule has 0 aliphatic carbocycles. The molecule has 214 valence electrons. The van der Waals surface area contributed by atoms with Crippen LogP contribution in [0.25, 0.3) is 43.6 Å². The van der Waals surface area contributed by atoms with Crippen LogP contribution in [0.15, 0.2) is 146 Å². The SMILES string of the molecule is O=C(Nc1ccc(Nc2c3ccccc3nc3ccccc23)cc1)c1ccc(Nc2c3ccccc3nc3ccccc23)cc1. The van der Waals surface area contributed by atoms with Crippen molar-refractivity contribution < 1.29 is 4.79 Å². The van der Waals surface area contributed by atoms with Gasteiger partial charge < -0.3 is 16.0 Å². The summed E-state index contributed by atoms with van der Waals surface area (Å²) in [6, 6.07) is 47.7. The second-order valence-corrected chi connectivity index (χ2v) is 10.9. The number of amides is 1. The molecule has 2 heterocycles. The van der Waals surface area contributed by atoms with Crippen LogP contribution in [0.3, 0.4) is 0 Å². The molecule has 8 aromatic rings. The molecule has 6 aromatic carbocycles. The number of para-hydroxylation sites is 4. The molecule has 2 aromatic heterocycles. The maximum Gasteiger partial charge on any atom is 0.255 e. The second-order valence-electron chi connectivity index (χ2n) is 10.9. The first kappa shape index (κ1) is 26.4. The van der Waals surface area contributed by atoms with E-state index >= 15 is 0 Å². The highest BCUT2D eigenvalue weighted by atomic mass is 16.1. The quantitative estimate of drug-likeness (QED) is 0.170. The highest BCUT2D eigenvalue weighted by molar-refractivity contribution is 6.10. The summed E-state index contributed by atoms with van der Waals surface area (Å²) in [6.07, 6.45) is 0. The molecule has 0 fully saturated rings. The van der Waals surface area contributed by atoms with Crippen LogP contribution in [-0.2, 0) is 0 Å². The number of rotatable bonds is 6. The smallest absolute Gasteiger partial charge is 0.255 e. The van der Waals surface area contributed by atoms with Crippen LogP contribution in [0.5, 0.6) is 0 Å². The molecule has 0 radical (unpaired) electrons. The molecule has 0 aliphatic rings. The van der Waals surface area contributed by atoms with Crippen molar-refractivity contribution in [1.82, 2.24) is 9.97 Å². The Labute approximate surface area is 259 Å². The van der Waals surface area contributed by atoms with Gasteiger partial charge in [-0.3, -0.25) is 4.79 Å². The van der Waals surface area contributed by atoms with Gasteiger partial charge in [-0.15, -0.1) is 0 Å². The fourth-order valence-electron chi connectivity index (χ4n) is 5.78. The maximum absolute atomic E-state index is 13.1. The van der Waals surface area contributed by atoms with E-state index in [0.29, 0.717) is 11.3 Å². The van der Waals surface area contributed by atoms with Crippen LogP contribution in [0, 0.1) is 0 Å². The minimum Gasteiger partial charge on any atom is -0.354 e. The van der Waals surface area contributed by atoms with E-state index in [0.717, 1.165) is 66.4 Å². The number of aromatic nitrogens is 2. The Kier molecular flexibility index (Phi) is 6.50. The van der Waals surface area contributed by atoms with Crippen LogP contribution in [0.4, 0.5) is 28.4 Å². The van der Waals surface area contributed by atoms with Gasteiger partial charge in [-0.2, -0.15) is 0 Å². The fourth-order valence-corrected chi connectivity index (χ4v) is 5.78. The van der Waals surface area contributed by atoms with Crippen LogP contribution < -0.4 is 16.0 Å². The van der Waals surface area contributed by atoms with Crippen molar-refractivity contribution in [3.05, 3.63) is 151 Å². The Balaban J connectivity index is 0.998.